The van der Waals surface area contributed by atoms with E-state index in [0.29, 0.717) is 13.0 Å². The van der Waals surface area contributed by atoms with Gasteiger partial charge in [0.1, 0.15) is 10.7 Å². The van der Waals surface area contributed by atoms with Crippen molar-refractivity contribution in [3.05, 3.63) is 24.0 Å². The SMILES string of the molecule is CC(O)C1CCN(S(=O)(=O)c2ccc(F)cc2N)C1. The first kappa shape index (κ1) is 14.2. The van der Waals surface area contributed by atoms with Gasteiger partial charge in [-0.15, -0.1) is 0 Å². The zero-order chi connectivity index (χ0) is 14.2. The van der Waals surface area contributed by atoms with Crippen LogP contribution in [0.2, 0.25) is 0 Å². The van der Waals surface area contributed by atoms with Gasteiger partial charge in [-0.2, -0.15) is 4.31 Å². The Balaban J connectivity index is 2.29. The highest BCUT2D eigenvalue weighted by molar-refractivity contribution is 7.89. The molecule has 1 heterocycles. The van der Waals surface area contributed by atoms with Crippen LogP contribution in [0.3, 0.4) is 0 Å². The van der Waals surface area contributed by atoms with E-state index in [1.165, 1.54) is 10.4 Å². The fourth-order valence-corrected chi connectivity index (χ4v) is 3.87. The van der Waals surface area contributed by atoms with Crippen molar-refractivity contribution in [3.63, 3.8) is 0 Å². The molecule has 2 rings (SSSR count). The van der Waals surface area contributed by atoms with Gasteiger partial charge in [0, 0.05) is 13.1 Å². The van der Waals surface area contributed by atoms with Crippen LogP contribution in [-0.2, 0) is 10.0 Å². The van der Waals surface area contributed by atoms with Crippen molar-refractivity contribution < 1.29 is 17.9 Å². The third kappa shape index (κ3) is 2.72. The molecule has 0 aromatic heterocycles. The Bertz CT molecular complexity index is 574. The zero-order valence-electron chi connectivity index (χ0n) is 10.6. The lowest BCUT2D eigenvalue weighted by Crippen LogP contribution is -2.31. The number of hydrogen-bond acceptors (Lipinski definition) is 4. The highest BCUT2D eigenvalue weighted by atomic mass is 32.2. The van der Waals surface area contributed by atoms with Gasteiger partial charge < -0.3 is 10.8 Å². The highest BCUT2D eigenvalue weighted by Crippen LogP contribution is 2.29. The highest BCUT2D eigenvalue weighted by Gasteiger charge is 2.35. The van der Waals surface area contributed by atoms with E-state index in [2.05, 4.69) is 0 Å². The van der Waals surface area contributed by atoms with Crippen LogP contribution in [-0.4, -0.2) is 37.0 Å². The maximum absolute atomic E-state index is 13.0. The van der Waals surface area contributed by atoms with Gasteiger partial charge in [0.15, 0.2) is 0 Å². The molecule has 0 aliphatic carbocycles. The molecule has 3 N–H and O–H groups in total. The van der Waals surface area contributed by atoms with E-state index in [-0.39, 0.29) is 23.0 Å². The van der Waals surface area contributed by atoms with E-state index in [1.54, 1.807) is 6.92 Å². The summed E-state index contributed by atoms with van der Waals surface area (Å²) < 4.78 is 39.0. The molecule has 1 aromatic rings. The Morgan fingerprint density at radius 3 is 2.74 bits per heavy atom. The summed E-state index contributed by atoms with van der Waals surface area (Å²) in [5.74, 6) is -0.642. The van der Waals surface area contributed by atoms with Crippen LogP contribution in [0.4, 0.5) is 10.1 Å². The first-order valence-electron chi connectivity index (χ1n) is 6.05. The summed E-state index contributed by atoms with van der Waals surface area (Å²) in [4.78, 5) is -0.0832. The molecular weight excluding hydrogens is 271 g/mol. The zero-order valence-corrected chi connectivity index (χ0v) is 11.4. The molecule has 19 heavy (non-hydrogen) atoms. The molecule has 2 atom stereocenters. The molecule has 1 aromatic carbocycles. The summed E-state index contributed by atoms with van der Waals surface area (Å²) in [5, 5.41) is 9.50. The first-order chi connectivity index (χ1) is 8.82. The Hall–Kier alpha value is -1.18. The predicted molar refractivity (Wildman–Crippen MR) is 69.4 cm³/mol. The largest absolute Gasteiger partial charge is 0.398 e. The van der Waals surface area contributed by atoms with Crippen LogP contribution in [0.5, 0.6) is 0 Å². The van der Waals surface area contributed by atoms with E-state index in [9.17, 15) is 17.9 Å². The van der Waals surface area contributed by atoms with Crippen LogP contribution < -0.4 is 5.73 Å². The minimum atomic E-state index is -3.72. The fourth-order valence-electron chi connectivity index (χ4n) is 2.26. The molecule has 1 aliphatic rings. The topological polar surface area (TPSA) is 83.6 Å². The standard InChI is InChI=1S/C12H17FN2O3S/c1-8(16)9-4-5-15(7-9)19(17,18)12-3-2-10(13)6-11(12)14/h2-3,6,8-9,16H,4-5,7,14H2,1H3. The van der Waals surface area contributed by atoms with Gasteiger partial charge in [-0.05, 0) is 37.5 Å². The van der Waals surface area contributed by atoms with Crippen LogP contribution in [0.25, 0.3) is 0 Å². The minimum absolute atomic E-state index is 0.0727. The van der Waals surface area contributed by atoms with Crippen molar-refractivity contribution in [2.75, 3.05) is 18.8 Å². The molecule has 0 amide bonds. The number of halogens is 1. The second kappa shape index (κ2) is 5.07. The smallest absolute Gasteiger partial charge is 0.245 e. The molecule has 106 valence electrons. The van der Waals surface area contributed by atoms with E-state index < -0.39 is 21.9 Å². The van der Waals surface area contributed by atoms with Crippen LogP contribution >= 0.6 is 0 Å². The summed E-state index contributed by atoms with van der Waals surface area (Å²) in [5.41, 5.74) is 5.48. The lowest BCUT2D eigenvalue weighted by Gasteiger charge is -2.18. The fraction of sp³-hybridized carbons (Fsp3) is 0.500. The third-order valence-electron chi connectivity index (χ3n) is 3.46. The molecule has 2 unspecified atom stereocenters. The quantitative estimate of drug-likeness (QED) is 0.806. The van der Waals surface area contributed by atoms with Crippen molar-refractivity contribution >= 4 is 15.7 Å². The third-order valence-corrected chi connectivity index (χ3v) is 5.40. The summed E-state index contributed by atoms with van der Waals surface area (Å²) >= 11 is 0. The van der Waals surface area contributed by atoms with Crippen molar-refractivity contribution in [2.45, 2.75) is 24.3 Å². The molecule has 0 spiro atoms. The number of nitrogens with zero attached hydrogens (tertiary/aromatic N) is 1. The van der Waals surface area contributed by atoms with E-state index in [4.69, 9.17) is 5.73 Å². The average Bonchev–Trinajstić information content (AvgIpc) is 2.78. The molecule has 1 saturated heterocycles. The van der Waals surface area contributed by atoms with Crippen LogP contribution in [0.15, 0.2) is 23.1 Å². The van der Waals surface area contributed by atoms with E-state index in [1.807, 2.05) is 0 Å². The van der Waals surface area contributed by atoms with Crippen molar-refractivity contribution in [1.82, 2.24) is 4.31 Å². The molecule has 0 bridgehead atoms. The van der Waals surface area contributed by atoms with Gasteiger partial charge in [0.2, 0.25) is 10.0 Å². The number of nitrogens with two attached hydrogens (primary N) is 1. The molecule has 1 fully saturated rings. The lowest BCUT2D eigenvalue weighted by atomic mass is 10.0. The van der Waals surface area contributed by atoms with Gasteiger partial charge in [-0.25, -0.2) is 12.8 Å². The predicted octanol–water partition coefficient (Wildman–Crippen LogP) is 0.799. The summed E-state index contributed by atoms with van der Waals surface area (Å²) in [6, 6.07) is 3.25. The van der Waals surface area contributed by atoms with E-state index >= 15 is 0 Å². The number of rotatable bonds is 3. The van der Waals surface area contributed by atoms with Crippen LogP contribution in [0, 0.1) is 11.7 Å². The molecular formula is C12H17FN2O3S. The minimum Gasteiger partial charge on any atom is -0.398 e. The molecule has 7 heteroatoms. The average molecular weight is 288 g/mol. The summed E-state index contributed by atoms with van der Waals surface area (Å²) in [6.45, 7) is 2.25. The van der Waals surface area contributed by atoms with Gasteiger partial charge in [-0.1, -0.05) is 0 Å². The summed E-state index contributed by atoms with van der Waals surface area (Å²) in [7, 11) is -3.72. The van der Waals surface area contributed by atoms with Crippen molar-refractivity contribution in [2.24, 2.45) is 5.92 Å². The molecule has 5 nitrogen and oxygen atoms in total. The second-order valence-electron chi connectivity index (χ2n) is 4.83. The Morgan fingerprint density at radius 2 is 2.21 bits per heavy atom. The lowest BCUT2D eigenvalue weighted by molar-refractivity contribution is 0.133. The number of anilines is 1. The Morgan fingerprint density at radius 1 is 1.53 bits per heavy atom. The maximum Gasteiger partial charge on any atom is 0.245 e. The monoisotopic (exact) mass is 288 g/mol. The number of benzene rings is 1. The second-order valence-corrected chi connectivity index (χ2v) is 6.74. The molecule has 0 radical (unpaired) electrons. The Labute approximate surface area is 111 Å². The summed E-state index contributed by atoms with van der Waals surface area (Å²) in [6.07, 6.45) is 0.0589. The number of hydrogen-bond donors (Lipinski definition) is 2. The van der Waals surface area contributed by atoms with Gasteiger partial charge in [0.05, 0.1) is 11.8 Å². The maximum atomic E-state index is 13.0. The number of nitrogen functional groups attached to an aromatic ring is 1. The van der Waals surface area contributed by atoms with E-state index in [0.717, 1.165) is 12.1 Å². The molecule has 0 saturated carbocycles. The first-order valence-corrected chi connectivity index (χ1v) is 7.49. The van der Waals surface area contributed by atoms with Crippen LogP contribution in [0.1, 0.15) is 13.3 Å². The van der Waals surface area contributed by atoms with Gasteiger partial charge >= 0.3 is 0 Å². The Kier molecular flexibility index (Phi) is 3.80. The van der Waals surface area contributed by atoms with Gasteiger partial charge in [0.25, 0.3) is 0 Å². The van der Waals surface area contributed by atoms with Crippen molar-refractivity contribution in [1.29, 1.82) is 0 Å². The number of aliphatic hydroxyl groups excluding tert-OH is 1. The normalized spacial score (nSPS) is 22.6. The van der Waals surface area contributed by atoms with Gasteiger partial charge in [-0.3, -0.25) is 0 Å². The number of aliphatic hydroxyl groups is 1. The number of sulfonamides is 1. The van der Waals surface area contributed by atoms with Crippen molar-refractivity contribution in [3.8, 4) is 0 Å². The molecule has 1 aliphatic heterocycles.